The van der Waals surface area contributed by atoms with Gasteiger partial charge < -0.3 is 14.5 Å². The highest BCUT2D eigenvalue weighted by Gasteiger charge is 2.18. The highest BCUT2D eigenvalue weighted by Crippen LogP contribution is 2.18. The minimum absolute atomic E-state index is 0.210. The predicted octanol–water partition coefficient (Wildman–Crippen LogP) is 4.08. The van der Waals surface area contributed by atoms with Crippen molar-refractivity contribution in [2.45, 2.75) is 32.3 Å². The van der Waals surface area contributed by atoms with Gasteiger partial charge in [-0.05, 0) is 31.0 Å². The molecule has 0 saturated carbocycles. The highest BCUT2D eigenvalue weighted by molar-refractivity contribution is 5.90. The molecule has 0 unspecified atom stereocenters. The molecule has 29 heavy (non-hydrogen) atoms. The van der Waals surface area contributed by atoms with Crippen LogP contribution in [0.15, 0.2) is 65.1 Å². The monoisotopic (exact) mass is 392 g/mol. The van der Waals surface area contributed by atoms with Crippen molar-refractivity contribution in [1.82, 2.24) is 10.3 Å². The Morgan fingerprint density at radius 3 is 2.59 bits per heavy atom. The minimum atomic E-state index is -0.899. The first kappa shape index (κ1) is 20.3. The summed E-state index contributed by atoms with van der Waals surface area (Å²) >= 11 is 0. The van der Waals surface area contributed by atoms with Gasteiger partial charge in [-0.3, -0.25) is 4.79 Å². The largest absolute Gasteiger partial charge is 0.449 e. The number of carbonyl (C=O) groups is 2. The maximum atomic E-state index is 12.3. The van der Waals surface area contributed by atoms with E-state index in [-0.39, 0.29) is 11.8 Å². The molecule has 0 bridgehead atoms. The zero-order valence-corrected chi connectivity index (χ0v) is 16.5. The third kappa shape index (κ3) is 5.54. The number of fused-ring (bicyclic) bond motifs is 1. The molecule has 1 amide bonds. The van der Waals surface area contributed by atoms with Gasteiger partial charge in [0, 0.05) is 24.6 Å². The summed E-state index contributed by atoms with van der Waals surface area (Å²) in [6.07, 6.45) is 2.62. The minimum Gasteiger partial charge on any atom is -0.449 e. The Kier molecular flexibility index (Phi) is 6.79. The molecule has 1 aromatic heterocycles. The molecule has 3 aromatic rings. The molecule has 2 atom stereocenters. The van der Waals surface area contributed by atoms with Gasteiger partial charge in [0.05, 0.1) is 0 Å². The molecule has 0 fully saturated rings. The van der Waals surface area contributed by atoms with Crippen molar-refractivity contribution in [2.24, 2.45) is 0 Å². The topological polar surface area (TPSA) is 81.4 Å². The lowest BCUT2D eigenvalue weighted by Crippen LogP contribution is -2.37. The molecule has 0 aliphatic heterocycles. The molecule has 0 radical (unpaired) electrons. The number of nitrogens with one attached hydrogen (secondary N) is 1. The van der Waals surface area contributed by atoms with Gasteiger partial charge in [0.25, 0.3) is 5.91 Å². The quantitative estimate of drug-likeness (QED) is 0.461. The number of aromatic nitrogens is 1. The van der Waals surface area contributed by atoms with E-state index >= 15 is 0 Å². The average molecular weight is 392 g/mol. The van der Waals surface area contributed by atoms with Gasteiger partial charge in [0.1, 0.15) is 5.52 Å². The lowest BCUT2D eigenvalue weighted by atomic mass is 9.96. The van der Waals surface area contributed by atoms with E-state index < -0.39 is 12.1 Å². The van der Waals surface area contributed by atoms with Crippen molar-refractivity contribution < 1.29 is 18.7 Å². The van der Waals surface area contributed by atoms with E-state index in [1.54, 1.807) is 13.0 Å². The second-order valence-corrected chi connectivity index (χ2v) is 6.69. The smallest absolute Gasteiger partial charge is 0.331 e. The van der Waals surface area contributed by atoms with Crippen LogP contribution in [-0.4, -0.2) is 29.5 Å². The van der Waals surface area contributed by atoms with Gasteiger partial charge in [-0.15, -0.1) is 0 Å². The van der Waals surface area contributed by atoms with Crippen LogP contribution in [0.25, 0.3) is 17.2 Å². The average Bonchev–Trinajstić information content (AvgIpc) is 3.16. The summed E-state index contributed by atoms with van der Waals surface area (Å²) in [5.41, 5.74) is 2.51. The van der Waals surface area contributed by atoms with Crippen LogP contribution in [0.3, 0.4) is 0 Å². The van der Waals surface area contributed by atoms with Gasteiger partial charge in [-0.25, -0.2) is 9.78 Å². The van der Waals surface area contributed by atoms with Crippen molar-refractivity contribution in [1.29, 1.82) is 0 Å². The van der Waals surface area contributed by atoms with E-state index in [4.69, 9.17) is 9.15 Å². The fourth-order valence-electron chi connectivity index (χ4n) is 2.96. The second-order valence-electron chi connectivity index (χ2n) is 6.69. The lowest BCUT2D eigenvalue weighted by Gasteiger charge is -2.18. The van der Waals surface area contributed by atoms with Crippen molar-refractivity contribution in [3.8, 4) is 0 Å². The number of rotatable bonds is 8. The highest BCUT2D eigenvalue weighted by atomic mass is 16.5. The SMILES string of the molecule is CC[C@H](CNC(=O)[C@@H](C)OC(=O)/C=C/c1nc2ccccc2o1)c1ccccc1. The summed E-state index contributed by atoms with van der Waals surface area (Å²) in [5.74, 6) is -0.455. The van der Waals surface area contributed by atoms with Crippen molar-refractivity contribution in [3.63, 3.8) is 0 Å². The number of carbonyl (C=O) groups excluding carboxylic acids is 2. The van der Waals surface area contributed by atoms with Crippen LogP contribution in [-0.2, 0) is 14.3 Å². The summed E-state index contributed by atoms with van der Waals surface area (Å²) in [6.45, 7) is 4.11. The Labute approximate surface area is 169 Å². The first-order valence-corrected chi connectivity index (χ1v) is 9.63. The number of amides is 1. The van der Waals surface area contributed by atoms with Crippen molar-refractivity contribution >= 4 is 29.1 Å². The number of para-hydroxylation sites is 2. The van der Waals surface area contributed by atoms with Crippen LogP contribution in [0.4, 0.5) is 0 Å². The maximum Gasteiger partial charge on any atom is 0.331 e. The molecule has 0 aliphatic carbocycles. The fourth-order valence-corrected chi connectivity index (χ4v) is 2.96. The zero-order chi connectivity index (χ0) is 20.6. The Morgan fingerprint density at radius 2 is 1.86 bits per heavy atom. The predicted molar refractivity (Wildman–Crippen MR) is 111 cm³/mol. The molecule has 1 N–H and O–H groups in total. The van der Waals surface area contributed by atoms with Gasteiger partial charge in [-0.2, -0.15) is 0 Å². The van der Waals surface area contributed by atoms with E-state index in [1.807, 2.05) is 48.5 Å². The number of nitrogens with zero attached hydrogens (tertiary/aromatic N) is 1. The number of hydrogen-bond acceptors (Lipinski definition) is 5. The van der Waals surface area contributed by atoms with Gasteiger partial charge in [-0.1, -0.05) is 49.4 Å². The molecule has 6 nitrogen and oxygen atoms in total. The normalized spacial score (nSPS) is 13.3. The van der Waals surface area contributed by atoms with Crippen LogP contribution < -0.4 is 5.32 Å². The number of ether oxygens (including phenoxy) is 1. The van der Waals surface area contributed by atoms with E-state index in [0.717, 1.165) is 6.42 Å². The molecular formula is C23H24N2O4. The van der Waals surface area contributed by atoms with Crippen molar-refractivity contribution in [2.75, 3.05) is 6.54 Å². The summed E-state index contributed by atoms with van der Waals surface area (Å²) < 4.78 is 10.7. The lowest BCUT2D eigenvalue weighted by molar-refractivity contribution is -0.150. The molecular weight excluding hydrogens is 368 g/mol. The summed E-state index contributed by atoms with van der Waals surface area (Å²) in [5, 5.41) is 2.86. The van der Waals surface area contributed by atoms with Gasteiger partial charge in [0.15, 0.2) is 11.7 Å². The Balaban J connectivity index is 1.50. The maximum absolute atomic E-state index is 12.3. The first-order valence-electron chi connectivity index (χ1n) is 9.63. The third-order valence-corrected chi connectivity index (χ3v) is 4.62. The van der Waals surface area contributed by atoms with Crippen LogP contribution in [0.1, 0.15) is 37.6 Å². The Morgan fingerprint density at radius 1 is 1.14 bits per heavy atom. The van der Waals surface area contributed by atoms with Gasteiger partial charge >= 0.3 is 5.97 Å². The van der Waals surface area contributed by atoms with Gasteiger partial charge in [0.2, 0.25) is 5.89 Å². The van der Waals surface area contributed by atoms with E-state index in [0.29, 0.717) is 23.5 Å². The molecule has 1 heterocycles. The molecule has 150 valence electrons. The van der Waals surface area contributed by atoms with Crippen LogP contribution in [0.5, 0.6) is 0 Å². The third-order valence-electron chi connectivity index (χ3n) is 4.62. The summed E-state index contributed by atoms with van der Waals surface area (Å²) in [4.78, 5) is 28.5. The van der Waals surface area contributed by atoms with Crippen LogP contribution >= 0.6 is 0 Å². The van der Waals surface area contributed by atoms with Crippen molar-refractivity contribution in [3.05, 3.63) is 72.1 Å². The Bertz CT molecular complexity index is 961. The summed E-state index contributed by atoms with van der Waals surface area (Å²) in [7, 11) is 0. The zero-order valence-electron chi connectivity index (χ0n) is 16.5. The molecule has 6 heteroatoms. The number of esters is 1. The Hall–Kier alpha value is -3.41. The molecule has 2 aromatic carbocycles. The van der Waals surface area contributed by atoms with E-state index in [1.165, 1.54) is 17.7 Å². The number of oxazole rings is 1. The fraction of sp³-hybridized carbons (Fsp3) is 0.261. The van der Waals surface area contributed by atoms with E-state index in [2.05, 4.69) is 17.2 Å². The molecule has 3 rings (SSSR count). The summed E-state index contributed by atoms with van der Waals surface area (Å²) in [6, 6.07) is 17.3. The first-order chi connectivity index (χ1) is 14.1. The van der Waals surface area contributed by atoms with Crippen LogP contribution in [0, 0.1) is 0 Å². The van der Waals surface area contributed by atoms with Crippen LogP contribution in [0.2, 0.25) is 0 Å². The molecule has 0 spiro atoms. The number of hydrogen-bond donors (Lipinski definition) is 1. The molecule has 0 saturated heterocycles. The van der Waals surface area contributed by atoms with E-state index in [9.17, 15) is 9.59 Å². The standard InChI is InChI=1S/C23H24N2O4/c1-3-17(18-9-5-4-6-10-18)15-24-23(27)16(2)28-22(26)14-13-21-25-19-11-7-8-12-20(19)29-21/h4-14,16-17H,3,15H2,1-2H3,(H,24,27)/b14-13+/t16-,17-/m1/s1. The molecule has 0 aliphatic rings. The number of benzene rings is 2. The second kappa shape index (κ2) is 9.68.